The fourth-order valence-corrected chi connectivity index (χ4v) is 5.45. The molecule has 0 spiro atoms. The van der Waals surface area contributed by atoms with E-state index in [0.29, 0.717) is 24.2 Å². The molecule has 2 aliphatic heterocycles. The van der Waals surface area contributed by atoms with Crippen molar-refractivity contribution in [1.82, 2.24) is 15.2 Å². The number of carbonyl (C=O) groups excluding carboxylic acids is 3. The first kappa shape index (κ1) is 22.7. The Hall–Kier alpha value is -4.05. The molecule has 3 aromatic rings. The molecule has 2 aliphatic rings. The Morgan fingerprint density at radius 2 is 2.00 bits per heavy atom. The predicted octanol–water partition coefficient (Wildman–Crippen LogP) is 2.59. The van der Waals surface area contributed by atoms with Gasteiger partial charge in [0.1, 0.15) is 5.56 Å². The number of imide groups is 1. The number of carbonyl (C=O) groups is 3. The van der Waals surface area contributed by atoms with Crippen molar-refractivity contribution in [1.29, 1.82) is 0 Å². The standard InChI is InChI=1S/C25H24N4O6/c1-14-7-8-17(20(13-14)29(33)34)22(30)28-12-10-18(23(28)31)25(24(32)35-2)21-16(9-11-26-25)15-5-3-4-6-19(15)27-21/h3-8,13,18,26-27H,9-12H2,1-2H3/t18-,25+/m0/s1. The van der Waals surface area contributed by atoms with Crippen LogP contribution in [-0.4, -0.2) is 52.8 Å². The second-order valence-corrected chi connectivity index (χ2v) is 8.91. The van der Waals surface area contributed by atoms with Crippen molar-refractivity contribution < 1.29 is 24.0 Å². The number of nitrogens with zero attached hydrogens (tertiary/aromatic N) is 2. The van der Waals surface area contributed by atoms with Gasteiger partial charge in [-0.3, -0.25) is 29.9 Å². The number of aromatic amines is 1. The van der Waals surface area contributed by atoms with Crippen molar-refractivity contribution in [3.05, 3.63) is 75.0 Å². The number of likely N-dealkylation sites (tertiary alicyclic amines) is 1. The zero-order chi connectivity index (χ0) is 24.9. The molecule has 0 unspecified atom stereocenters. The number of methoxy groups -OCH3 is 1. The number of ether oxygens (including phenoxy) is 1. The molecule has 1 fully saturated rings. The molecule has 2 amide bonds. The number of H-pyrrole nitrogens is 1. The number of aryl methyl sites for hydroxylation is 1. The van der Waals surface area contributed by atoms with Crippen molar-refractivity contribution in [2.75, 3.05) is 20.2 Å². The average Bonchev–Trinajstić information content (AvgIpc) is 3.44. The van der Waals surface area contributed by atoms with Gasteiger partial charge in [-0.2, -0.15) is 0 Å². The van der Waals surface area contributed by atoms with Crippen molar-refractivity contribution >= 4 is 34.4 Å². The van der Waals surface area contributed by atoms with Gasteiger partial charge in [-0.25, -0.2) is 4.79 Å². The molecule has 5 rings (SSSR count). The number of amides is 2. The van der Waals surface area contributed by atoms with E-state index in [1.54, 1.807) is 13.0 Å². The Morgan fingerprint density at radius 1 is 1.23 bits per heavy atom. The first-order valence-electron chi connectivity index (χ1n) is 11.3. The van der Waals surface area contributed by atoms with Crippen LogP contribution in [0.25, 0.3) is 10.9 Å². The van der Waals surface area contributed by atoms with E-state index < -0.39 is 34.2 Å². The molecule has 180 valence electrons. The number of hydrogen-bond acceptors (Lipinski definition) is 7. The molecule has 2 aromatic carbocycles. The van der Waals surface area contributed by atoms with Crippen LogP contribution in [0.15, 0.2) is 42.5 Å². The summed E-state index contributed by atoms with van der Waals surface area (Å²) in [6.07, 6.45) is 0.846. The van der Waals surface area contributed by atoms with Crippen LogP contribution >= 0.6 is 0 Å². The van der Waals surface area contributed by atoms with Crippen LogP contribution in [0.5, 0.6) is 0 Å². The van der Waals surface area contributed by atoms with E-state index in [9.17, 15) is 24.5 Å². The maximum absolute atomic E-state index is 13.7. The molecule has 2 N–H and O–H groups in total. The number of esters is 1. The lowest BCUT2D eigenvalue weighted by molar-refractivity contribution is -0.385. The van der Waals surface area contributed by atoms with Crippen molar-refractivity contribution in [3.8, 4) is 0 Å². The summed E-state index contributed by atoms with van der Waals surface area (Å²) in [7, 11) is 1.26. The molecule has 0 aliphatic carbocycles. The summed E-state index contributed by atoms with van der Waals surface area (Å²) in [5.74, 6) is -2.89. The topological polar surface area (TPSA) is 135 Å². The number of benzene rings is 2. The number of para-hydroxylation sites is 1. The fourth-order valence-electron chi connectivity index (χ4n) is 5.45. The first-order valence-corrected chi connectivity index (χ1v) is 11.3. The second-order valence-electron chi connectivity index (χ2n) is 8.91. The summed E-state index contributed by atoms with van der Waals surface area (Å²) >= 11 is 0. The Labute approximate surface area is 200 Å². The summed E-state index contributed by atoms with van der Waals surface area (Å²) in [6.45, 7) is 2.15. The first-order chi connectivity index (χ1) is 16.8. The minimum Gasteiger partial charge on any atom is -0.467 e. The van der Waals surface area contributed by atoms with E-state index in [1.807, 2.05) is 24.3 Å². The number of nitro benzene ring substituents is 1. The van der Waals surface area contributed by atoms with Gasteiger partial charge in [0, 0.05) is 30.1 Å². The molecule has 0 bridgehead atoms. The van der Waals surface area contributed by atoms with Crippen molar-refractivity contribution in [2.45, 2.75) is 25.3 Å². The summed E-state index contributed by atoms with van der Waals surface area (Å²) in [5, 5.41) is 15.8. The molecule has 10 heteroatoms. The SMILES string of the molecule is COC(=O)[C@]1([C@H]2CCN(C(=O)c3ccc(C)cc3[N+](=O)[O-])C2=O)NCCc2c1[nH]c1ccccc21. The van der Waals surface area contributed by atoms with E-state index in [2.05, 4.69) is 10.3 Å². The highest BCUT2D eigenvalue weighted by molar-refractivity contribution is 6.10. The summed E-state index contributed by atoms with van der Waals surface area (Å²) in [4.78, 5) is 55.6. The number of nitrogens with one attached hydrogen (secondary N) is 2. The normalized spacial score (nSPS) is 21.7. The average molecular weight is 476 g/mol. The van der Waals surface area contributed by atoms with Gasteiger partial charge in [-0.1, -0.05) is 24.3 Å². The van der Waals surface area contributed by atoms with Crippen LogP contribution in [0.2, 0.25) is 0 Å². The molecule has 0 saturated carbocycles. The lowest BCUT2D eigenvalue weighted by Crippen LogP contribution is -2.60. The van der Waals surface area contributed by atoms with Crippen LogP contribution in [-0.2, 0) is 26.3 Å². The minimum atomic E-state index is -1.51. The van der Waals surface area contributed by atoms with Crippen LogP contribution in [0.3, 0.4) is 0 Å². The molecule has 3 heterocycles. The summed E-state index contributed by atoms with van der Waals surface area (Å²) in [5.41, 5.74) is 0.922. The fraction of sp³-hybridized carbons (Fsp3) is 0.320. The minimum absolute atomic E-state index is 0.0311. The second kappa shape index (κ2) is 8.31. The van der Waals surface area contributed by atoms with Gasteiger partial charge in [-0.05, 0) is 43.0 Å². The third kappa shape index (κ3) is 3.32. The number of nitro groups is 1. The van der Waals surface area contributed by atoms with Gasteiger partial charge in [0.25, 0.3) is 11.6 Å². The highest BCUT2D eigenvalue weighted by Crippen LogP contribution is 2.43. The molecule has 35 heavy (non-hydrogen) atoms. The van der Waals surface area contributed by atoms with Crippen LogP contribution < -0.4 is 5.32 Å². The van der Waals surface area contributed by atoms with E-state index >= 15 is 0 Å². The smallest absolute Gasteiger partial charge is 0.333 e. The lowest BCUT2D eigenvalue weighted by atomic mass is 9.75. The van der Waals surface area contributed by atoms with E-state index in [0.717, 1.165) is 21.4 Å². The largest absolute Gasteiger partial charge is 0.467 e. The van der Waals surface area contributed by atoms with Gasteiger partial charge in [0.05, 0.1) is 23.6 Å². The maximum Gasteiger partial charge on any atom is 0.333 e. The Balaban J connectivity index is 1.58. The van der Waals surface area contributed by atoms with Crippen molar-refractivity contribution in [2.24, 2.45) is 5.92 Å². The van der Waals surface area contributed by atoms with Gasteiger partial charge in [0.15, 0.2) is 5.54 Å². The van der Waals surface area contributed by atoms with Crippen LogP contribution in [0.1, 0.15) is 33.6 Å². The quantitative estimate of drug-likeness (QED) is 0.256. The molecular weight excluding hydrogens is 452 g/mol. The molecule has 10 nitrogen and oxygen atoms in total. The molecule has 2 atom stereocenters. The van der Waals surface area contributed by atoms with E-state index in [1.165, 1.54) is 19.2 Å². The highest BCUT2D eigenvalue weighted by Gasteiger charge is 2.58. The number of aromatic nitrogens is 1. The van der Waals surface area contributed by atoms with Crippen LogP contribution in [0.4, 0.5) is 5.69 Å². The Bertz CT molecular complexity index is 1400. The predicted molar refractivity (Wildman–Crippen MR) is 126 cm³/mol. The number of fused-ring (bicyclic) bond motifs is 3. The van der Waals surface area contributed by atoms with Gasteiger partial charge < -0.3 is 9.72 Å². The van der Waals surface area contributed by atoms with E-state index in [-0.39, 0.29) is 24.2 Å². The molecule has 1 aromatic heterocycles. The molecular formula is C25H24N4O6. The van der Waals surface area contributed by atoms with Crippen LogP contribution in [0, 0.1) is 23.0 Å². The van der Waals surface area contributed by atoms with Gasteiger partial charge >= 0.3 is 5.97 Å². The van der Waals surface area contributed by atoms with Gasteiger partial charge in [0.2, 0.25) is 5.91 Å². The monoisotopic (exact) mass is 476 g/mol. The zero-order valence-corrected chi connectivity index (χ0v) is 19.3. The third-order valence-corrected chi connectivity index (χ3v) is 7.05. The summed E-state index contributed by atoms with van der Waals surface area (Å²) in [6, 6.07) is 11.9. The Kier molecular flexibility index (Phi) is 5.40. The maximum atomic E-state index is 13.7. The van der Waals surface area contributed by atoms with Crippen molar-refractivity contribution in [3.63, 3.8) is 0 Å². The number of rotatable bonds is 4. The highest BCUT2D eigenvalue weighted by atomic mass is 16.6. The zero-order valence-electron chi connectivity index (χ0n) is 19.3. The number of hydrogen-bond donors (Lipinski definition) is 2. The molecule has 1 saturated heterocycles. The summed E-state index contributed by atoms with van der Waals surface area (Å²) < 4.78 is 5.18. The third-order valence-electron chi connectivity index (χ3n) is 7.05. The van der Waals surface area contributed by atoms with E-state index in [4.69, 9.17) is 4.74 Å². The molecule has 0 radical (unpaired) electrons. The van der Waals surface area contributed by atoms with Gasteiger partial charge in [-0.15, -0.1) is 0 Å². The lowest BCUT2D eigenvalue weighted by Gasteiger charge is -2.39. The Morgan fingerprint density at radius 3 is 2.74 bits per heavy atom.